The minimum atomic E-state index is -0.00291. The number of hydrogen-bond donors (Lipinski definition) is 2. The topological polar surface area (TPSA) is 50.9 Å². The molecule has 1 fully saturated rings. The van der Waals surface area contributed by atoms with E-state index >= 15 is 0 Å². The van der Waals surface area contributed by atoms with Gasteiger partial charge in [0, 0.05) is 12.6 Å². The molecule has 1 atom stereocenters. The summed E-state index contributed by atoms with van der Waals surface area (Å²) in [7, 11) is 0. The molecule has 0 unspecified atom stereocenters. The maximum atomic E-state index is 12.0. The van der Waals surface area contributed by atoms with E-state index in [1.165, 1.54) is 4.90 Å². The van der Waals surface area contributed by atoms with Crippen LogP contribution in [0.15, 0.2) is 37.1 Å². The second-order valence-corrected chi connectivity index (χ2v) is 5.15. The van der Waals surface area contributed by atoms with Gasteiger partial charge in [-0.15, -0.1) is 6.58 Å². The number of quaternary nitrogens is 1. The van der Waals surface area contributed by atoms with E-state index in [-0.39, 0.29) is 11.9 Å². The molecule has 0 radical (unpaired) electrons. The average molecular weight is 276 g/mol. The fourth-order valence-electron chi connectivity index (χ4n) is 2.56. The monoisotopic (exact) mass is 276 g/mol. The van der Waals surface area contributed by atoms with Crippen molar-refractivity contribution in [3.63, 3.8) is 0 Å². The van der Waals surface area contributed by atoms with Gasteiger partial charge in [-0.3, -0.25) is 9.69 Å². The third-order valence-electron chi connectivity index (χ3n) is 3.87. The number of carbonyl (C=O) groups is 1. The summed E-state index contributed by atoms with van der Waals surface area (Å²) in [5, 5.41) is 2.87. The standard InChI is InChI=1S/C15H22N4O/c1-3-7-17-15(20)13(2)18-9-11-19(12-10-18)14-6-4-5-8-16-14/h3-6,8,13H,1,7,9-12H2,2H3,(H,17,20)/p+2/t13-/m0/s1. The number of nitrogens with one attached hydrogen (secondary N) is 3. The van der Waals surface area contributed by atoms with Crippen molar-refractivity contribution in [1.29, 1.82) is 0 Å². The first kappa shape index (κ1) is 14.5. The molecule has 1 amide bonds. The Bertz CT molecular complexity index is 440. The van der Waals surface area contributed by atoms with E-state index in [0.29, 0.717) is 6.54 Å². The first-order valence-electron chi connectivity index (χ1n) is 7.17. The number of H-pyrrole nitrogens is 1. The Hall–Kier alpha value is -1.88. The van der Waals surface area contributed by atoms with Crippen LogP contribution in [0.2, 0.25) is 0 Å². The summed E-state index contributed by atoms with van der Waals surface area (Å²) < 4.78 is 0. The zero-order valence-corrected chi connectivity index (χ0v) is 12.1. The van der Waals surface area contributed by atoms with E-state index in [0.717, 1.165) is 32.0 Å². The lowest BCUT2D eigenvalue weighted by molar-refractivity contribution is -0.914. The van der Waals surface area contributed by atoms with Crippen LogP contribution in [0.4, 0.5) is 5.82 Å². The van der Waals surface area contributed by atoms with Gasteiger partial charge in [0.2, 0.25) is 0 Å². The van der Waals surface area contributed by atoms with Crippen LogP contribution in [0.5, 0.6) is 0 Å². The Kier molecular flexibility index (Phi) is 5.12. The van der Waals surface area contributed by atoms with Gasteiger partial charge >= 0.3 is 0 Å². The molecular weight excluding hydrogens is 252 g/mol. The minimum absolute atomic E-state index is 0.00291. The number of amides is 1. The summed E-state index contributed by atoms with van der Waals surface area (Å²) in [6.07, 6.45) is 3.66. The van der Waals surface area contributed by atoms with Gasteiger partial charge in [0.15, 0.2) is 6.04 Å². The van der Waals surface area contributed by atoms with Crippen LogP contribution in [0.25, 0.3) is 0 Å². The molecule has 1 aromatic heterocycles. The van der Waals surface area contributed by atoms with E-state index in [1.54, 1.807) is 6.08 Å². The molecule has 2 heterocycles. The predicted molar refractivity (Wildman–Crippen MR) is 78.6 cm³/mol. The van der Waals surface area contributed by atoms with Crippen molar-refractivity contribution in [3.8, 4) is 0 Å². The Morgan fingerprint density at radius 1 is 1.55 bits per heavy atom. The average Bonchev–Trinajstić information content (AvgIpc) is 2.53. The number of carbonyl (C=O) groups excluding carboxylic acids is 1. The number of nitrogens with zero attached hydrogens (tertiary/aromatic N) is 1. The highest BCUT2D eigenvalue weighted by atomic mass is 16.2. The number of hydrogen-bond acceptors (Lipinski definition) is 2. The third kappa shape index (κ3) is 3.57. The van der Waals surface area contributed by atoms with Crippen molar-refractivity contribution in [2.75, 3.05) is 37.6 Å². The molecule has 0 spiro atoms. The van der Waals surface area contributed by atoms with Gasteiger partial charge in [-0.25, -0.2) is 4.98 Å². The maximum Gasteiger partial charge on any atom is 0.278 e. The molecule has 0 bridgehead atoms. The molecule has 108 valence electrons. The zero-order valence-electron chi connectivity index (χ0n) is 12.1. The summed E-state index contributed by atoms with van der Waals surface area (Å²) in [4.78, 5) is 18.9. The molecule has 5 heteroatoms. The molecule has 0 aromatic carbocycles. The van der Waals surface area contributed by atoms with Crippen molar-refractivity contribution in [2.45, 2.75) is 13.0 Å². The lowest BCUT2D eigenvalue weighted by atomic mass is 10.2. The molecule has 1 aliphatic rings. The van der Waals surface area contributed by atoms with E-state index in [9.17, 15) is 4.79 Å². The molecule has 5 nitrogen and oxygen atoms in total. The molecule has 1 aliphatic heterocycles. The van der Waals surface area contributed by atoms with Crippen molar-refractivity contribution in [1.82, 2.24) is 5.32 Å². The Labute approximate surface area is 120 Å². The van der Waals surface area contributed by atoms with Gasteiger partial charge in [-0.1, -0.05) is 12.1 Å². The zero-order chi connectivity index (χ0) is 14.4. The van der Waals surface area contributed by atoms with E-state index in [4.69, 9.17) is 0 Å². The van der Waals surface area contributed by atoms with Crippen LogP contribution in [-0.4, -0.2) is 44.7 Å². The minimum Gasteiger partial charge on any atom is -0.347 e. The van der Waals surface area contributed by atoms with Crippen LogP contribution >= 0.6 is 0 Å². The lowest BCUT2D eigenvalue weighted by Crippen LogP contribution is -3.19. The van der Waals surface area contributed by atoms with Crippen molar-refractivity contribution in [3.05, 3.63) is 37.1 Å². The number of anilines is 1. The van der Waals surface area contributed by atoms with E-state index in [1.807, 2.05) is 25.3 Å². The highest BCUT2D eigenvalue weighted by Crippen LogP contribution is 2.04. The molecule has 0 saturated carbocycles. The molecule has 0 aliphatic carbocycles. The van der Waals surface area contributed by atoms with Crippen LogP contribution < -0.4 is 20.1 Å². The largest absolute Gasteiger partial charge is 0.347 e. The normalized spacial score (nSPS) is 17.6. The number of rotatable bonds is 5. The molecule has 2 rings (SSSR count). The number of aromatic amines is 1. The highest BCUT2D eigenvalue weighted by molar-refractivity contribution is 5.80. The summed E-state index contributed by atoms with van der Waals surface area (Å²) in [5.41, 5.74) is 0. The first-order chi connectivity index (χ1) is 9.72. The van der Waals surface area contributed by atoms with Gasteiger partial charge < -0.3 is 10.2 Å². The molecule has 20 heavy (non-hydrogen) atoms. The lowest BCUT2D eigenvalue weighted by Gasteiger charge is -2.31. The van der Waals surface area contributed by atoms with Crippen molar-refractivity contribution >= 4 is 11.7 Å². The molecule has 3 N–H and O–H groups in total. The van der Waals surface area contributed by atoms with E-state index in [2.05, 4.69) is 27.8 Å². The fraction of sp³-hybridized carbons (Fsp3) is 0.467. The fourth-order valence-corrected chi connectivity index (χ4v) is 2.56. The van der Waals surface area contributed by atoms with Gasteiger partial charge in [0.25, 0.3) is 11.7 Å². The predicted octanol–water partition coefficient (Wildman–Crippen LogP) is -1.10. The summed E-state index contributed by atoms with van der Waals surface area (Å²) >= 11 is 0. The molecular formula is C15H24N4O+2. The van der Waals surface area contributed by atoms with Crippen molar-refractivity contribution in [2.24, 2.45) is 0 Å². The SMILES string of the molecule is C=CCNC(=O)[C@H](C)[NH+]1CCN(c2cccc[nH+]2)CC1. The highest BCUT2D eigenvalue weighted by Gasteiger charge is 2.31. The van der Waals surface area contributed by atoms with Crippen LogP contribution in [0, 0.1) is 0 Å². The van der Waals surface area contributed by atoms with Gasteiger partial charge in [0.1, 0.15) is 26.2 Å². The van der Waals surface area contributed by atoms with Gasteiger partial charge in [-0.2, -0.15) is 0 Å². The summed E-state index contributed by atoms with van der Waals surface area (Å²) in [6.45, 7) is 10.0. The number of piperazine rings is 1. The second-order valence-electron chi connectivity index (χ2n) is 5.15. The molecule has 1 saturated heterocycles. The third-order valence-corrected chi connectivity index (χ3v) is 3.87. The first-order valence-corrected chi connectivity index (χ1v) is 7.17. The number of aromatic nitrogens is 1. The summed E-state index contributed by atoms with van der Waals surface area (Å²) in [5.74, 6) is 1.26. The second kappa shape index (κ2) is 7.05. The van der Waals surface area contributed by atoms with Gasteiger partial charge in [0.05, 0.1) is 6.20 Å². The maximum absolute atomic E-state index is 12.0. The van der Waals surface area contributed by atoms with E-state index < -0.39 is 0 Å². The molecule has 1 aromatic rings. The quantitative estimate of drug-likeness (QED) is 0.671. The Balaban J connectivity index is 1.84. The van der Waals surface area contributed by atoms with Crippen LogP contribution in [0.1, 0.15) is 6.92 Å². The number of pyridine rings is 1. The van der Waals surface area contributed by atoms with Crippen LogP contribution in [0.3, 0.4) is 0 Å². The Morgan fingerprint density at radius 2 is 2.30 bits per heavy atom. The summed E-state index contributed by atoms with van der Waals surface area (Å²) in [6, 6.07) is 6.11. The Morgan fingerprint density at radius 3 is 2.90 bits per heavy atom. The smallest absolute Gasteiger partial charge is 0.278 e. The van der Waals surface area contributed by atoms with Crippen molar-refractivity contribution < 1.29 is 14.7 Å². The van der Waals surface area contributed by atoms with Crippen LogP contribution in [-0.2, 0) is 4.79 Å². The van der Waals surface area contributed by atoms with Gasteiger partial charge in [-0.05, 0) is 13.0 Å².